The summed E-state index contributed by atoms with van der Waals surface area (Å²) in [6.45, 7) is 1.41. The number of rotatable bonds is 2. The van der Waals surface area contributed by atoms with Crippen LogP contribution in [0.25, 0.3) is 0 Å². The molecule has 0 saturated heterocycles. The molecule has 0 aliphatic heterocycles. The molecule has 0 fully saturated rings. The van der Waals surface area contributed by atoms with E-state index in [-0.39, 0.29) is 5.56 Å². The van der Waals surface area contributed by atoms with Crippen LogP contribution in [0.3, 0.4) is 0 Å². The van der Waals surface area contributed by atoms with Gasteiger partial charge in [0.1, 0.15) is 0 Å². The lowest BCUT2D eigenvalue weighted by Crippen LogP contribution is -2.22. The van der Waals surface area contributed by atoms with E-state index in [9.17, 15) is 8.78 Å². The molecule has 12 heavy (non-hydrogen) atoms. The SMILES string of the molecule is CC(Br)C(F)(F)c1cnn(C)c1. The minimum atomic E-state index is -2.85. The highest BCUT2D eigenvalue weighted by atomic mass is 79.9. The van der Waals surface area contributed by atoms with Gasteiger partial charge in [-0.2, -0.15) is 13.9 Å². The summed E-state index contributed by atoms with van der Waals surface area (Å²) >= 11 is 2.85. The maximum atomic E-state index is 13.2. The zero-order valence-electron chi connectivity index (χ0n) is 6.76. The molecule has 5 heteroatoms. The number of hydrogen-bond donors (Lipinski definition) is 0. The highest BCUT2D eigenvalue weighted by Gasteiger charge is 2.37. The van der Waals surface area contributed by atoms with Crippen LogP contribution in [0.4, 0.5) is 8.78 Å². The zero-order chi connectivity index (χ0) is 9.35. The van der Waals surface area contributed by atoms with E-state index in [2.05, 4.69) is 21.0 Å². The van der Waals surface area contributed by atoms with Crippen molar-refractivity contribution in [2.24, 2.45) is 7.05 Å². The summed E-state index contributed by atoms with van der Waals surface area (Å²) in [4.78, 5) is -0.880. The van der Waals surface area contributed by atoms with Crippen LogP contribution in [0.1, 0.15) is 12.5 Å². The molecule has 0 amide bonds. The highest BCUT2D eigenvalue weighted by molar-refractivity contribution is 9.09. The Bertz CT molecular complexity index is 270. The van der Waals surface area contributed by atoms with Crippen molar-refractivity contribution in [2.45, 2.75) is 17.7 Å². The summed E-state index contributed by atoms with van der Waals surface area (Å²) in [6, 6.07) is 0. The molecule has 0 radical (unpaired) electrons. The van der Waals surface area contributed by atoms with Crippen molar-refractivity contribution in [3.05, 3.63) is 18.0 Å². The second-order valence-corrected chi connectivity index (χ2v) is 4.02. The van der Waals surface area contributed by atoms with Crippen LogP contribution in [0.2, 0.25) is 0 Å². The van der Waals surface area contributed by atoms with Gasteiger partial charge in [-0.15, -0.1) is 0 Å². The third kappa shape index (κ3) is 1.65. The molecule has 68 valence electrons. The molecule has 0 spiro atoms. The van der Waals surface area contributed by atoms with Gasteiger partial charge in [0.15, 0.2) is 0 Å². The van der Waals surface area contributed by atoms with Crippen molar-refractivity contribution >= 4 is 15.9 Å². The van der Waals surface area contributed by atoms with E-state index in [4.69, 9.17) is 0 Å². The third-order valence-corrected chi connectivity index (χ3v) is 2.16. The first kappa shape index (κ1) is 9.64. The molecule has 1 aromatic rings. The fourth-order valence-electron chi connectivity index (χ4n) is 0.823. The molecule has 0 aliphatic carbocycles. The third-order valence-electron chi connectivity index (χ3n) is 1.59. The Hall–Kier alpha value is -0.450. The Morgan fingerprint density at radius 1 is 1.67 bits per heavy atom. The predicted octanol–water partition coefficient (Wildman–Crippen LogP) is 2.30. The molecule has 2 nitrogen and oxygen atoms in total. The number of hydrogen-bond acceptors (Lipinski definition) is 1. The Labute approximate surface area is 77.7 Å². The second kappa shape index (κ2) is 3.12. The smallest absolute Gasteiger partial charge is 0.275 e. The summed E-state index contributed by atoms with van der Waals surface area (Å²) in [5.74, 6) is -2.85. The standard InChI is InChI=1S/C7H9BrF2N2/c1-5(8)7(9,10)6-3-11-12(2)4-6/h3-5H,1-2H3. The van der Waals surface area contributed by atoms with Gasteiger partial charge < -0.3 is 0 Å². The molecule has 0 aromatic carbocycles. The van der Waals surface area contributed by atoms with Crippen LogP contribution in [-0.2, 0) is 13.0 Å². The van der Waals surface area contributed by atoms with Crippen molar-refractivity contribution in [3.8, 4) is 0 Å². The minimum Gasteiger partial charge on any atom is -0.275 e. The lowest BCUT2D eigenvalue weighted by atomic mass is 10.1. The molecule has 0 aliphatic rings. The van der Waals surface area contributed by atoms with Crippen LogP contribution in [-0.4, -0.2) is 14.6 Å². The summed E-state index contributed by atoms with van der Waals surface area (Å²) in [6.07, 6.45) is 2.50. The summed E-state index contributed by atoms with van der Waals surface area (Å²) in [5, 5.41) is 3.68. The van der Waals surface area contributed by atoms with Crippen molar-refractivity contribution in [1.29, 1.82) is 0 Å². The van der Waals surface area contributed by atoms with Gasteiger partial charge in [-0.25, -0.2) is 0 Å². The van der Waals surface area contributed by atoms with Crippen molar-refractivity contribution in [3.63, 3.8) is 0 Å². The molecule has 0 saturated carbocycles. The topological polar surface area (TPSA) is 17.8 Å². The van der Waals surface area contributed by atoms with Gasteiger partial charge in [0.2, 0.25) is 0 Å². The van der Waals surface area contributed by atoms with Crippen molar-refractivity contribution in [1.82, 2.24) is 9.78 Å². The second-order valence-electron chi connectivity index (χ2n) is 2.64. The molecule has 0 bridgehead atoms. The number of alkyl halides is 3. The maximum absolute atomic E-state index is 13.2. The Kier molecular flexibility index (Phi) is 2.51. The van der Waals surface area contributed by atoms with Gasteiger partial charge in [0.25, 0.3) is 5.92 Å². The molecular formula is C7H9BrF2N2. The van der Waals surface area contributed by atoms with E-state index >= 15 is 0 Å². The highest BCUT2D eigenvalue weighted by Crippen LogP contribution is 2.34. The van der Waals surface area contributed by atoms with Gasteiger partial charge in [0.05, 0.1) is 16.6 Å². The molecule has 0 N–H and O–H groups in total. The Morgan fingerprint density at radius 3 is 2.58 bits per heavy atom. The molecule has 1 unspecified atom stereocenters. The van der Waals surface area contributed by atoms with E-state index in [0.717, 1.165) is 0 Å². The van der Waals surface area contributed by atoms with E-state index in [1.54, 1.807) is 7.05 Å². The van der Waals surface area contributed by atoms with Crippen LogP contribution in [0, 0.1) is 0 Å². The number of aryl methyl sites for hydroxylation is 1. The molecular weight excluding hydrogens is 230 g/mol. The quantitative estimate of drug-likeness (QED) is 0.724. The average Bonchev–Trinajstić information content (AvgIpc) is 2.35. The Balaban J connectivity index is 2.97. The molecule has 1 aromatic heterocycles. The minimum absolute atomic E-state index is 0.0608. The van der Waals surface area contributed by atoms with Crippen molar-refractivity contribution < 1.29 is 8.78 Å². The monoisotopic (exact) mass is 238 g/mol. The van der Waals surface area contributed by atoms with Crippen LogP contribution in [0.5, 0.6) is 0 Å². The van der Waals surface area contributed by atoms with E-state index in [0.29, 0.717) is 0 Å². The Morgan fingerprint density at radius 2 is 2.25 bits per heavy atom. The first-order valence-electron chi connectivity index (χ1n) is 3.45. The molecule has 1 atom stereocenters. The fraction of sp³-hybridized carbons (Fsp3) is 0.571. The summed E-state index contributed by atoms with van der Waals surface area (Å²) < 4.78 is 27.7. The lowest BCUT2D eigenvalue weighted by Gasteiger charge is -2.16. The molecule has 1 rings (SSSR count). The first-order valence-corrected chi connectivity index (χ1v) is 4.37. The zero-order valence-corrected chi connectivity index (χ0v) is 8.35. The summed E-state index contributed by atoms with van der Waals surface area (Å²) in [5.41, 5.74) is -0.0608. The maximum Gasteiger partial charge on any atom is 0.288 e. The van der Waals surface area contributed by atoms with Crippen LogP contribution < -0.4 is 0 Å². The van der Waals surface area contributed by atoms with Gasteiger partial charge in [-0.1, -0.05) is 15.9 Å². The number of aromatic nitrogens is 2. The van der Waals surface area contributed by atoms with E-state index < -0.39 is 10.7 Å². The number of nitrogens with zero attached hydrogens (tertiary/aromatic N) is 2. The van der Waals surface area contributed by atoms with E-state index in [1.165, 1.54) is 24.0 Å². The lowest BCUT2D eigenvalue weighted by molar-refractivity contribution is -0.000101. The average molecular weight is 239 g/mol. The van der Waals surface area contributed by atoms with Gasteiger partial charge in [0, 0.05) is 13.2 Å². The largest absolute Gasteiger partial charge is 0.288 e. The normalized spacial score (nSPS) is 14.8. The van der Waals surface area contributed by atoms with Crippen molar-refractivity contribution in [2.75, 3.05) is 0 Å². The van der Waals surface area contributed by atoms with Gasteiger partial charge in [-0.05, 0) is 6.92 Å². The fourth-order valence-corrected chi connectivity index (χ4v) is 1.09. The first-order chi connectivity index (χ1) is 5.44. The van der Waals surface area contributed by atoms with Crippen LogP contribution in [0.15, 0.2) is 12.4 Å². The number of halogens is 3. The van der Waals surface area contributed by atoms with E-state index in [1.807, 2.05) is 0 Å². The van der Waals surface area contributed by atoms with Crippen LogP contribution >= 0.6 is 15.9 Å². The predicted molar refractivity (Wildman–Crippen MR) is 45.5 cm³/mol. The summed E-state index contributed by atoms with van der Waals surface area (Å²) in [7, 11) is 1.61. The van der Waals surface area contributed by atoms with Gasteiger partial charge in [-0.3, -0.25) is 4.68 Å². The molecule has 1 heterocycles. The van der Waals surface area contributed by atoms with Gasteiger partial charge >= 0.3 is 0 Å².